The van der Waals surface area contributed by atoms with Gasteiger partial charge in [0.05, 0.1) is 11.2 Å². The summed E-state index contributed by atoms with van der Waals surface area (Å²) >= 11 is 0. The van der Waals surface area contributed by atoms with E-state index in [1.165, 1.54) is 0 Å². The van der Waals surface area contributed by atoms with Crippen molar-refractivity contribution in [2.24, 2.45) is 12.5 Å². The predicted octanol–water partition coefficient (Wildman–Crippen LogP) is 3.96. The van der Waals surface area contributed by atoms with Crippen molar-refractivity contribution in [3.63, 3.8) is 0 Å². The van der Waals surface area contributed by atoms with Crippen molar-refractivity contribution in [2.45, 2.75) is 41.2 Å². The van der Waals surface area contributed by atoms with Gasteiger partial charge in [0.15, 0.2) is 11.4 Å². The van der Waals surface area contributed by atoms with Crippen LogP contribution >= 0.6 is 0 Å². The zero-order valence-corrected chi connectivity index (χ0v) is 16.3. The second-order valence-corrected chi connectivity index (χ2v) is 8.11. The second kappa shape index (κ2) is 6.24. The number of aryl methyl sites for hydroxylation is 2. The van der Waals surface area contributed by atoms with Gasteiger partial charge in [-0.3, -0.25) is 13.9 Å². The lowest BCUT2D eigenvalue weighted by atomic mass is 9.97. The van der Waals surface area contributed by atoms with E-state index in [9.17, 15) is 9.59 Å². The van der Waals surface area contributed by atoms with Gasteiger partial charge in [0.2, 0.25) is 0 Å². The van der Waals surface area contributed by atoms with Gasteiger partial charge in [-0.2, -0.15) is 0 Å². The minimum atomic E-state index is -0.0613. The number of imidazole rings is 1. The molecule has 0 aliphatic heterocycles. The summed E-state index contributed by atoms with van der Waals surface area (Å²) in [6, 6.07) is 9.50. The molecule has 0 aliphatic carbocycles. The quantitative estimate of drug-likeness (QED) is 0.671. The molecular formula is C21H25N3O2. The van der Waals surface area contributed by atoms with Crippen LogP contribution in [0.4, 0.5) is 0 Å². The molecule has 26 heavy (non-hydrogen) atoms. The Kier molecular flexibility index (Phi) is 4.34. The fourth-order valence-electron chi connectivity index (χ4n) is 3.17. The minimum Gasteiger partial charge on any atom is -0.295 e. The molecule has 0 saturated carbocycles. The van der Waals surface area contributed by atoms with Gasteiger partial charge < -0.3 is 0 Å². The van der Waals surface area contributed by atoms with E-state index in [1.807, 2.05) is 37.3 Å². The zero-order valence-electron chi connectivity index (χ0n) is 16.3. The minimum absolute atomic E-state index is 0.0107. The van der Waals surface area contributed by atoms with E-state index >= 15 is 0 Å². The molecule has 5 heteroatoms. The fraction of sp³-hybridized carbons (Fsp3) is 0.381. The molecule has 2 heterocycles. The van der Waals surface area contributed by atoms with Crippen molar-refractivity contribution in [1.29, 1.82) is 0 Å². The van der Waals surface area contributed by atoms with Crippen LogP contribution in [-0.4, -0.2) is 19.9 Å². The van der Waals surface area contributed by atoms with Crippen molar-refractivity contribution in [1.82, 2.24) is 14.1 Å². The number of Topliss-reactive ketones (excluding diaryl/α,β-unsaturated/α-hetero) is 1. The summed E-state index contributed by atoms with van der Waals surface area (Å²) in [7, 11) is 1.75. The monoisotopic (exact) mass is 351 g/mol. The average molecular weight is 351 g/mol. The summed E-state index contributed by atoms with van der Waals surface area (Å²) in [6.45, 7) is 10.5. The third-order valence-corrected chi connectivity index (χ3v) is 4.53. The highest BCUT2D eigenvalue weighted by atomic mass is 16.1. The molecule has 3 rings (SSSR count). The van der Waals surface area contributed by atoms with E-state index in [0.717, 1.165) is 22.3 Å². The molecule has 0 N–H and O–H groups in total. The van der Waals surface area contributed by atoms with Crippen molar-refractivity contribution >= 4 is 16.9 Å². The first-order chi connectivity index (χ1) is 12.1. The first-order valence-corrected chi connectivity index (χ1v) is 8.77. The Labute approximate surface area is 153 Å². The molecule has 0 fully saturated rings. The number of fused-ring (bicyclic) bond motifs is 1. The maximum atomic E-state index is 12.7. The van der Waals surface area contributed by atoms with Gasteiger partial charge in [-0.1, -0.05) is 32.9 Å². The van der Waals surface area contributed by atoms with Crippen LogP contribution < -0.4 is 5.69 Å². The standard InChI is InChI=1S/C21H25N3O2/c1-13-7-8-15(14(2)25)11-16(13)17-9-10-18-19(22-17)23(6)20(26)24(18)12-21(3,4)5/h7-11H,12H2,1-6H3. The van der Waals surface area contributed by atoms with Crippen LogP contribution in [0.1, 0.15) is 43.6 Å². The van der Waals surface area contributed by atoms with Gasteiger partial charge in [-0.25, -0.2) is 9.78 Å². The van der Waals surface area contributed by atoms with Crippen molar-refractivity contribution in [3.05, 3.63) is 51.9 Å². The Hall–Kier alpha value is -2.69. The number of hydrogen-bond acceptors (Lipinski definition) is 3. The molecule has 0 spiro atoms. The molecule has 0 bridgehead atoms. The molecule has 0 saturated heterocycles. The lowest BCUT2D eigenvalue weighted by Gasteiger charge is -2.18. The zero-order chi connectivity index (χ0) is 19.2. The van der Waals surface area contributed by atoms with Crippen LogP contribution in [-0.2, 0) is 13.6 Å². The number of hydrogen-bond donors (Lipinski definition) is 0. The summed E-state index contributed by atoms with van der Waals surface area (Å²) in [5, 5.41) is 0. The summed E-state index contributed by atoms with van der Waals surface area (Å²) in [4.78, 5) is 29.1. The van der Waals surface area contributed by atoms with Gasteiger partial charge >= 0.3 is 5.69 Å². The van der Waals surface area contributed by atoms with E-state index in [0.29, 0.717) is 17.8 Å². The highest BCUT2D eigenvalue weighted by Crippen LogP contribution is 2.26. The van der Waals surface area contributed by atoms with E-state index in [4.69, 9.17) is 4.98 Å². The summed E-state index contributed by atoms with van der Waals surface area (Å²) in [6.07, 6.45) is 0. The Morgan fingerprint density at radius 3 is 2.46 bits per heavy atom. The number of benzene rings is 1. The molecule has 0 unspecified atom stereocenters. The number of nitrogens with zero attached hydrogens (tertiary/aromatic N) is 3. The van der Waals surface area contributed by atoms with Gasteiger partial charge in [0.25, 0.3) is 0 Å². The Morgan fingerprint density at radius 2 is 1.85 bits per heavy atom. The Morgan fingerprint density at radius 1 is 1.15 bits per heavy atom. The van der Waals surface area contributed by atoms with E-state index in [-0.39, 0.29) is 16.9 Å². The molecule has 0 aliphatic rings. The predicted molar refractivity (Wildman–Crippen MR) is 105 cm³/mol. The third-order valence-electron chi connectivity index (χ3n) is 4.53. The van der Waals surface area contributed by atoms with Gasteiger partial charge in [0, 0.05) is 24.7 Å². The van der Waals surface area contributed by atoms with E-state index in [2.05, 4.69) is 20.8 Å². The number of carbonyl (C=O) groups is 1. The normalized spacial score (nSPS) is 11.9. The molecule has 0 atom stereocenters. The first kappa shape index (κ1) is 18.1. The molecule has 5 nitrogen and oxygen atoms in total. The fourth-order valence-corrected chi connectivity index (χ4v) is 3.17. The summed E-state index contributed by atoms with van der Waals surface area (Å²) in [5.74, 6) is 0.0241. The van der Waals surface area contributed by atoms with Crippen LogP contribution in [0, 0.1) is 12.3 Å². The number of aromatic nitrogens is 3. The first-order valence-electron chi connectivity index (χ1n) is 8.77. The molecular weight excluding hydrogens is 326 g/mol. The topological polar surface area (TPSA) is 56.9 Å². The van der Waals surface area contributed by atoms with Crippen LogP contribution in [0.15, 0.2) is 35.1 Å². The van der Waals surface area contributed by atoms with Gasteiger partial charge in [-0.05, 0) is 43.0 Å². The van der Waals surface area contributed by atoms with Crippen LogP contribution in [0.5, 0.6) is 0 Å². The highest BCUT2D eigenvalue weighted by molar-refractivity contribution is 5.95. The van der Waals surface area contributed by atoms with Crippen molar-refractivity contribution in [3.8, 4) is 11.3 Å². The highest BCUT2D eigenvalue weighted by Gasteiger charge is 2.19. The number of carbonyl (C=O) groups excluding carboxylic acids is 1. The number of rotatable bonds is 3. The number of pyridine rings is 1. The second-order valence-electron chi connectivity index (χ2n) is 8.11. The van der Waals surface area contributed by atoms with Crippen molar-refractivity contribution < 1.29 is 4.79 Å². The largest absolute Gasteiger partial charge is 0.330 e. The lowest BCUT2D eigenvalue weighted by Crippen LogP contribution is -2.27. The van der Waals surface area contributed by atoms with E-state index in [1.54, 1.807) is 23.1 Å². The Bertz CT molecular complexity index is 1070. The van der Waals surface area contributed by atoms with Crippen LogP contribution in [0.2, 0.25) is 0 Å². The van der Waals surface area contributed by atoms with E-state index < -0.39 is 0 Å². The average Bonchev–Trinajstić information content (AvgIpc) is 2.78. The van der Waals surface area contributed by atoms with Crippen LogP contribution in [0.3, 0.4) is 0 Å². The lowest BCUT2D eigenvalue weighted by molar-refractivity contribution is 0.101. The summed E-state index contributed by atoms with van der Waals surface area (Å²) < 4.78 is 3.37. The third kappa shape index (κ3) is 3.21. The van der Waals surface area contributed by atoms with Crippen molar-refractivity contribution in [2.75, 3.05) is 0 Å². The van der Waals surface area contributed by atoms with Gasteiger partial charge in [0.1, 0.15) is 0 Å². The summed E-state index contributed by atoms with van der Waals surface area (Å²) in [5.41, 5.74) is 4.79. The number of ketones is 1. The van der Waals surface area contributed by atoms with Crippen LogP contribution in [0.25, 0.3) is 22.4 Å². The molecule has 0 radical (unpaired) electrons. The molecule has 2 aromatic heterocycles. The SMILES string of the molecule is CC(=O)c1ccc(C)c(-c2ccc3c(n2)n(C)c(=O)n3CC(C)(C)C)c1. The molecule has 136 valence electrons. The molecule has 1 aromatic carbocycles. The maximum Gasteiger partial charge on any atom is 0.330 e. The molecule has 0 amide bonds. The molecule has 3 aromatic rings. The maximum absolute atomic E-state index is 12.7. The smallest absolute Gasteiger partial charge is 0.295 e. The Balaban J connectivity index is 2.20. The van der Waals surface area contributed by atoms with Gasteiger partial charge in [-0.15, -0.1) is 0 Å².